The molecule has 1 aliphatic carbocycles. The minimum absolute atomic E-state index is 0.248. The SMILES string of the molecule is Cc1c([C@@H](N)C2CC2)cccc1C(F)(F)F. The van der Waals surface area contributed by atoms with Crippen molar-refractivity contribution in [1.29, 1.82) is 0 Å². The highest BCUT2D eigenvalue weighted by molar-refractivity contribution is 5.38. The highest BCUT2D eigenvalue weighted by Crippen LogP contribution is 2.42. The minimum Gasteiger partial charge on any atom is -0.324 e. The van der Waals surface area contributed by atoms with Gasteiger partial charge in [-0.05, 0) is 42.9 Å². The molecule has 1 aromatic rings. The van der Waals surface area contributed by atoms with Crippen LogP contribution in [0.15, 0.2) is 18.2 Å². The molecule has 88 valence electrons. The highest BCUT2D eigenvalue weighted by atomic mass is 19.4. The fourth-order valence-electron chi connectivity index (χ4n) is 2.03. The third kappa shape index (κ3) is 2.07. The van der Waals surface area contributed by atoms with Crippen LogP contribution in [0.2, 0.25) is 0 Å². The molecule has 1 aliphatic rings. The smallest absolute Gasteiger partial charge is 0.324 e. The van der Waals surface area contributed by atoms with Crippen molar-refractivity contribution < 1.29 is 13.2 Å². The lowest BCUT2D eigenvalue weighted by Gasteiger charge is -2.18. The molecule has 1 atom stereocenters. The quantitative estimate of drug-likeness (QED) is 0.826. The van der Waals surface area contributed by atoms with Crippen LogP contribution in [0.25, 0.3) is 0 Å². The Morgan fingerprint density at radius 3 is 2.44 bits per heavy atom. The van der Waals surface area contributed by atoms with Gasteiger partial charge < -0.3 is 5.73 Å². The van der Waals surface area contributed by atoms with E-state index >= 15 is 0 Å². The van der Waals surface area contributed by atoms with E-state index in [1.807, 2.05) is 0 Å². The first-order valence-corrected chi connectivity index (χ1v) is 5.33. The maximum absolute atomic E-state index is 12.7. The summed E-state index contributed by atoms with van der Waals surface area (Å²) in [6.07, 6.45) is -2.24. The van der Waals surface area contributed by atoms with E-state index in [0.29, 0.717) is 11.5 Å². The average molecular weight is 229 g/mol. The zero-order valence-electron chi connectivity index (χ0n) is 9.01. The molecule has 0 spiro atoms. The molecule has 2 rings (SSSR count). The van der Waals surface area contributed by atoms with Crippen molar-refractivity contribution in [2.45, 2.75) is 32.0 Å². The first-order valence-electron chi connectivity index (χ1n) is 5.33. The molecule has 0 amide bonds. The van der Waals surface area contributed by atoms with Crippen LogP contribution in [0.1, 0.15) is 35.6 Å². The van der Waals surface area contributed by atoms with Gasteiger partial charge in [0.2, 0.25) is 0 Å². The molecule has 16 heavy (non-hydrogen) atoms. The van der Waals surface area contributed by atoms with E-state index in [0.717, 1.165) is 18.9 Å². The fraction of sp³-hybridized carbons (Fsp3) is 0.500. The average Bonchev–Trinajstić information content (AvgIpc) is 2.98. The predicted octanol–water partition coefficient (Wildman–Crippen LogP) is 3.42. The number of hydrogen-bond donors (Lipinski definition) is 1. The third-order valence-electron chi connectivity index (χ3n) is 3.17. The maximum atomic E-state index is 12.7. The van der Waals surface area contributed by atoms with Gasteiger partial charge in [0.25, 0.3) is 0 Å². The second-order valence-corrected chi connectivity index (χ2v) is 4.38. The van der Waals surface area contributed by atoms with Crippen molar-refractivity contribution in [3.63, 3.8) is 0 Å². The summed E-state index contributed by atoms with van der Waals surface area (Å²) in [5.41, 5.74) is 6.29. The molecule has 0 heterocycles. The van der Waals surface area contributed by atoms with Gasteiger partial charge in [-0.15, -0.1) is 0 Å². The molecular formula is C12H14F3N. The Balaban J connectivity index is 2.39. The summed E-state index contributed by atoms with van der Waals surface area (Å²) in [4.78, 5) is 0. The van der Waals surface area contributed by atoms with E-state index in [-0.39, 0.29) is 11.6 Å². The lowest BCUT2D eigenvalue weighted by atomic mass is 9.94. The Morgan fingerprint density at radius 2 is 1.94 bits per heavy atom. The predicted molar refractivity (Wildman–Crippen MR) is 55.8 cm³/mol. The summed E-state index contributed by atoms with van der Waals surface area (Å²) in [7, 11) is 0. The van der Waals surface area contributed by atoms with E-state index in [1.54, 1.807) is 6.07 Å². The molecule has 1 nitrogen and oxygen atoms in total. The van der Waals surface area contributed by atoms with Crippen LogP contribution in [0.4, 0.5) is 13.2 Å². The number of benzene rings is 1. The van der Waals surface area contributed by atoms with Crippen molar-refractivity contribution in [2.75, 3.05) is 0 Å². The van der Waals surface area contributed by atoms with E-state index in [4.69, 9.17) is 5.73 Å². The van der Waals surface area contributed by atoms with Crippen LogP contribution >= 0.6 is 0 Å². The standard InChI is InChI=1S/C12H14F3N/c1-7-9(11(16)8-5-6-8)3-2-4-10(7)12(13,14)15/h2-4,8,11H,5-6,16H2,1H3/t11-/m0/s1. The largest absolute Gasteiger partial charge is 0.416 e. The molecule has 0 unspecified atom stereocenters. The molecular weight excluding hydrogens is 215 g/mol. The molecule has 1 aromatic carbocycles. The van der Waals surface area contributed by atoms with Crippen LogP contribution in [0, 0.1) is 12.8 Å². The summed E-state index contributed by atoms with van der Waals surface area (Å²) >= 11 is 0. The molecule has 2 N–H and O–H groups in total. The van der Waals surface area contributed by atoms with Crippen molar-refractivity contribution in [1.82, 2.24) is 0 Å². The van der Waals surface area contributed by atoms with Gasteiger partial charge in [0, 0.05) is 6.04 Å². The van der Waals surface area contributed by atoms with Gasteiger partial charge in [0.05, 0.1) is 5.56 Å². The second-order valence-electron chi connectivity index (χ2n) is 4.38. The number of hydrogen-bond acceptors (Lipinski definition) is 1. The number of halogens is 3. The summed E-state index contributed by atoms with van der Waals surface area (Å²) in [6.45, 7) is 1.50. The van der Waals surface area contributed by atoms with Gasteiger partial charge in [-0.3, -0.25) is 0 Å². The zero-order chi connectivity index (χ0) is 11.9. The zero-order valence-corrected chi connectivity index (χ0v) is 9.01. The number of rotatable bonds is 2. The Bertz CT molecular complexity index is 394. The summed E-state index contributed by atoms with van der Waals surface area (Å²) < 4.78 is 38.0. The van der Waals surface area contributed by atoms with Gasteiger partial charge in [-0.2, -0.15) is 13.2 Å². The summed E-state index contributed by atoms with van der Waals surface area (Å²) in [6, 6.07) is 4.00. The lowest BCUT2D eigenvalue weighted by Crippen LogP contribution is -2.17. The second kappa shape index (κ2) is 3.77. The maximum Gasteiger partial charge on any atom is 0.416 e. The Morgan fingerprint density at radius 1 is 1.31 bits per heavy atom. The van der Waals surface area contributed by atoms with Crippen molar-refractivity contribution in [3.8, 4) is 0 Å². The van der Waals surface area contributed by atoms with Crippen LogP contribution in [-0.2, 0) is 6.18 Å². The van der Waals surface area contributed by atoms with Crippen LogP contribution < -0.4 is 5.73 Å². The van der Waals surface area contributed by atoms with Crippen LogP contribution in [-0.4, -0.2) is 0 Å². The molecule has 1 fully saturated rings. The lowest BCUT2D eigenvalue weighted by molar-refractivity contribution is -0.138. The van der Waals surface area contributed by atoms with Crippen molar-refractivity contribution in [3.05, 3.63) is 34.9 Å². The molecule has 0 saturated heterocycles. The number of nitrogens with two attached hydrogens (primary N) is 1. The van der Waals surface area contributed by atoms with Gasteiger partial charge in [-0.25, -0.2) is 0 Å². The van der Waals surface area contributed by atoms with E-state index in [1.165, 1.54) is 13.0 Å². The highest BCUT2D eigenvalue weighted by Gasteiger charge is 2.35. The normalized spacial score (nSPS) is 18.6. The van der Waals surface area contributed by atoms with E-state index in [2.05, 4.69) is 0 Å². The monoisotopic (exact) mass is 229 g/mol. The molecule has 0 aliphatic heterocycles. The summed E-state index contributed by atoms with van der Waals surface area (Å²) in [5.74, 6) is 0.363. The van der Waals surface area contributed by atoms with Crippen LogP contribution in [0.5, 0.6) is 0 Å². The molecule has 0 aromatic heterocycles. The third-order valence-corrected chi connectivity index (χ3v) is 3.17. The van der Waals surface area contributed by atoms with E-state index < -0.39 is 11.7 Å². The Hall–Kier alpha value is -1.03. The topological polar surface area (TPSA) is 26.0 Å². The summed E-state index contributed by atoms with van der Waals surface area (Å²) in [5, 5.41) is 0. The van der Waals surface area contributed by atoms with Gasteiger partial charge in [-0.1, -0.05) is 12.1 Å². The first kappa shape index (κ1) is 11.5. The van der Waals surface area contributed by atoms with Crippen molar-refractivity contribution in [2.24, 2.45) is 11.7 Å². The molecule has 0 radical (unpaired) electrons. The van der Waals surface area contributed by atoms with Gasteiger partial charge in [0.15, 0.2) is 0 Å². The van der Waals surface area contributed by atoms with Crippen molar-refractivity contribution >= 4 is 0 Å². The number of alkyl halides is 3. The molecule has 0 bridgehead atoms. The first-order chi connectivity index (χ1) is 7.41. The fourth-order valence-corrected chi connectivity index (χ4v) is 2.03. The van der Waals surface area contributed by atoms with Gasteiger partial charge >= 0.3 is 6.18 Å². The molecule has 4 heteroatoms. The Kier molecular flexibility index (Phi) is 2.70. The molecule has 1 saturated carbocycles. The van der Waals surface area contributed by atoms with Crippen LogP contribution in [0.3, 0.4) is 0 Å². The van der Waals surface area contributed by atoms with E-state index in [9.17, 15) is 13.2 Å². The Labute approximate surface area is 92.5 Å². The van der Waals surface area contributed by atoms with Gasteiger partial charge in [0.1, 0.15) is 0 Å². The minimum atomic E-state index is -4.29.